The van der Waals surface area contributed by atoms with Crippen LogP contribution in [0.1, 0.15) is 15.2 Å². The van der Waals surface area contributed by atoms with Gasteiger partial charge in [-0.1, -0.05) is 23.7 Å². The molecule has 1 aromatic heterocycles. The standard InChI is InChI=1S/C14H13ClF3N3O2/c1-7-2-3-8(13(23,6-22)14(16,17)18)4-9(7)10-5-20-12(19)11(15)21-10/h2-5,22-23H,6H2,1H3,(H2,19,20)/t13-/m1/s1/i1D3. The summed E-state index contributed by atoms with van der Waals surface area (Å²) in [7, 11) is 0. The first-order chi connectivity index (χ1) is 11.8. The van der Waals surface area contributed by atoms with Gasteiger partial charge in [0.05, 0.1) is 18.5 Å². The van der Waals surface area contributed by atoms with Crippen LogP contribution in [0.2, 0.25) is 5.15 Å². The van der Waals surface area contributed by atoms with E-state index in [2.05, 4.69) is 9.97 Å². The molecule has 0 amide bonds. The van der Waals surface area contributed by atoms with Crippen molar-refractivity contribution in [2.45, 2.75) is 18.6 Å². The largest absolute Gasteiger partial charge is 0.423 e. The van der Waals surface area contributed by atoms with Crippen LogP contribution < -0.4 is 5.73 Å². The molecule has 1 heterocycles. The Hall–Kier alpha value is -1.90. The lowest BCUT2D eigenvalue weighted by Crippen LogP contribution is -2.45. The van der Waals surface area contributed by atoms with E-state index in [4.69, 9.17) is 26.6 Å². The molecule has 4 N–H and O–H groups in total. The summed E-state index contributed by atoms with van der Waals surface area (Å²) in [6.45, 7) is -4.35. The van der Waals surface area contributed by atoms with Crippen LogP contribution in [-0.4, -0.2) is 33.0 Å². The number of aromatic nitrogens is 2. The summed E-state index contributed by atoms with van der Waals surface area (Å²) in [5, 5.41) is 18.7. The monoisotopic (exact) mass is 350 g/mol. The molecular formula is C14H13ClF3N3O2. The predicted octanol–water partition coefficient (Wildman–Crippen LogP) is 2.43. The molecule has 0 saturated heterocycles. The fourth-order valence-electron chi connectivity index (χ4n) is 1.86. The van der Waals surface area contributed by atoms with Crippen molar-refractivity contribution in [3.05, 3.63) is 40.7 Å². The lowest BCUT2D eigenvalue weighted by atomic mass is 9.90. The van der Waals surface area contributed by atoms with Crippen LogP contribution in [0.5, 0.6) is 0 Å². The Morgan fingerprint density at radius 2 is 2.09 bits per heavy atom. The van der Waals surface area contributed by atoms with Crippen molar-refractivity contribution in [1.29, 1.82) is 0 Å². The van der Waals surface area contributed by atoms with Gasteiger partial charge in [0.2, 0.25) is 5.60 Å². The van der Waals surface area contributed by atoms with Gasteiger partial charge in [0.15, 0.2) is 11.0 Å². The van der Waals surface area contributed by atoms with Crippen LogP contribution in [-0.2, 0) is 5.60 Å². The number of aliphatic hydroxyl groups is 2. The summed E-state index contributed by atoms with van der Waals surface area (Å²) in [5.74, 6) is -0.149. The number of alkyl halides is 3. The first-order valence-corrected chi connectivity index (χ1v) is 6.52. The minimum absolute atomic E-state index is 0.149. The minimum atomic E-state index is -5.20. The van der Waals surface area contributed by atoms with Gasteiger partial charge in [0.25, 0.3) is 0 Å². The summed E-state index contributed by atoms with van der Waals surface area (Å²) in [5.41, 5.74) is 0.344. The average molecular weight is 351 g/mol. The third kappa shape index (κ3) is 3.10. The summed E-state index contributed by atoms with van der Waals surface area (Å²) < 4.78 is 62.2. The molecule has 5 nitrogen and oxygen atoms in total. The Bertz CT molecular complexity index is 833. The van der Waals surface area contributed by atoms with Crippen molar-refractivity contribution < 1.29 is 27.5 Å². The Kier molecular flexibility index (Phi) is 3.50. The van der Waals surface area contributed by atoms with Crippen molar-refractivity contribution in [3.8, 4) is 11.3 Å². The first-order valence-electron chi connectivity index (χ1n) is 7.64. The molecular weight excluding hydrogens is 335 g/mol. The highest BCUT2D eigenvalue weighted by molar-refractivity contribution is 6.31. The molecule has 9 heteroatoms. The zero-order valence-corrected chi connectivity index (χ0v) is 12.2. The van der Waals surface area contributed by atoms with Gasteiger partial charge in [0, 0.05) is 9.68 Å². The smallest absolute Gasteiger partial charge is 0.393 e. The number of nitrogens with zero attached hydrogens (tertiary/aromatic N) is 2. The maximum atomic E-state index is 13.2. The van der Waals surface area contributed by atoms with Crippen LogP contribution >= 0.6 is 11.6 Å². The molecule has 1 atom stereocenters. The van der Waals surface area contributed by atoms with Crippen LogP contribution in [0, 0.1) is 6.85 Å². The van der Waals surface area contributed by atoms with Crippen LogP contribution in [0.3, 0.4) is 0 Å². The van der Waals surface area contributed by atoms with Gasteiger partial charge < -0.3 is 15.9 Å². The number of anilines is 1. The number of hydrogen-bond acceptors (Lipinski definition) is 5. The van der Waals surface area contributed by atoms with Gasteiger partial charge in [-0.2, -0.15) is 13.2 Å². The Labute approximate surface area is 138 Å². The second-order valence-electron chi connectivity index (χ2n) is 4.71. The fraction of sp³-hybridized carbons (Fsp3) is 0.286. The third-order valence-electron chi connectivity index (χ3n) is 3.23. The zero-order chi connectivity index (χ0) is 19.9. The Morgan fingerprint density at radius 1 is 1.39 bits per heavy atom. The minimum Gasteiger partial charge on any atom is -0.393 e. The number of aliphatic hydroxyl groups excluding tert-OH is 1. The van der Waals surface area contributed by atoms with E-state index in [-0.39, 0.29) is 27.8 Å². The van der Waals surface area contributed by atoms with Crippen molar-refractivity contribution in [2.24, 2.45) is 0 Å². The van der Waals surface area contributed by atoms with Crippen LogP contribution in [0.15, 0.2) is 24.4 Å². The van der Waals surface area contributed by atoms with Crippen LogP contribution in [0.25, 0.3) is 11.3 Å². The molecule has 0 spiro atoms. The average Bonchev–Trinajstić information content (AvgIpc) is 2.54. The maximum absolute atomic E-state index is 13.2. The number of hydrogen-bond donors (Lipinski definition) is 3. The number of halogens is 4. The molecule has 0 aliphatic rings. The molecule has 0 fully saturated rings. The number of rotatable bonds is 3. The second-order valence-corrected chi connectivity index (χ2v) is 5.07. The SMILES string of the molecule is [2H]C([2H])([2H])c1ccc([C@](O)(CO)C(F)(F)F)cc1-c1cnc(N)c(Cl)n1. The van der Waals surface area contributed by atoms with E-state index < -0.39 is 30.8 Å². The van der Waals surface area contributed by atoms with Crippen molar-refractivity contribution in [2.75, 3.05) is 12.3 Å². The lowest BCUT2D eigenvalue weighted by molar-refractivity contribution is -0.277. The van der Waals surface area contributed by atoms with E-state index in [0.717, 1.165) is 24.4 Å². The topological polar surface area (TPSA) is 92.3 Å². The fourth-order valence-corrected chi connectivity index (χ4v) is 2.00. The molecule has 0 aliphatic carbocycles. The predicted molar refractivity (Wildman–Crippen MR) is 78.7 cm³/mol. The third-order valence-corrected chi connectivity index (χ3v) is 3.50. The molecule has 2 rings (SSSR count). The van der Waals surface area contributed by atoms with E-state index in [0.29, 0.717) is 0 Å². The lowest BCUT2D eigenvalue weighted by Gasteiger charge is -2.29. The number of nitrogens with two attached hydrogens (primary N) is 1. The molecule has 124 valence electrons. The molecule has 0 unspecified atom stereocenters. The highest BCUT2D eigenvalue weighted by Gasteiger charge is 2.54. The quantitative estimate of drug-likeness (QED) is 0.790. The van der Waals surface area contributed by atoms with Gasteiger partial charge in [-0.3, -0.25) is 0 Å². The summed E-state index contributed by atoms with van der Waals surface area (Å²) in [4.78, 5) is 7.54. The maximum Gasteiger partial charge on any atom is 0.423 e. The van der Waals surface area contributed by atoms with Crippen molar-refractivity contribution >= 4 is 17.4 Å². The van der Waals surface area contributed by atoms with E-state index in [1.807, 2.05) is 0 Å². The Balaban J connectivity index is 2.77. The molecule has 2 aromatic rings. The van der Waals surface area contributed by atoms with Gasteiger partial charge >= 0.3 is 6.18 Å². The number of aryl methyl sites for hydroxylation is 1. The molecule has 23 heavy (non-hydrogen) atoms. The van der Waals surface area contributed by atoms with Crippen molar-refractivity contribution in [3.63, 3.8) is 0 Å². The van der Waals surface area contributed by atoms with Gasteiger partial charge in [-0.15, -0.1) is 0 Å². The summed E-state index contributed by atoms with van der Waals surface area (Å²) in [6, 6.07) is 2.46. The van der Waals surface area contributed by atoms with Crippen molar-refractivity contribution in [1.82, 2.24) is 9.97 Å². The Morgan fingerprint density at radius 3 is 2.61 bits per heavy atom. The van der Waals surface area contributed by atoms with Gasteiger partial charge in [0.1, 0.15) is 0 Å². The second kappa shape index (κ2) is 5.95. The van der Waals surface area contributed by atoms with Crippen LogP contribution in [0.4, 0.5) is 19.0 Å². The first kappa shape index (κ1) is 13.5. The van der Waals surface area contributed by atoms with Gasteiger partial charge in [-0.25, -0.2) is 9.97 Å². The highest BCUT2D eigenvalue weighted by atomic mass is 35.5. The highest BCUT2D eigenvalue weighted by Crippen LogP contribution is 2.40. The molecule has 0 aliphatic heterocycles. The molecule has 0 radical (unpaired) electrons. The normalized spacial score (nSPS) is 17.0. The van der Waals surface area contributed by atoms with E-state index >= 15 is 0 Å². The van der Waals surface area contributed by atoms with E-state index in [9.17, 15) is 18.3 Å². The molecule has 0 saturated carbocycles. The zero-order valence-electron chi connectivity index (χ0n) is 14.4. The van der Waals surface area contributed by atoms with E-state index in [1.165, 1.54) is 0 Å². The summed E-state index contributed by atoms with van der Waals surface area (Å²) >= 11 is 5.75. The van der Waals surface area contributed by atoms with E-state index in [1.54, 1.807) is 0 Å². The summed E-state index contributed by atoms with van der Waals surface area (Å²) in [6.07, 6.45) is -4.16. The molecule has 1 aromatic carbocycles. The molecule has 0 bridgehead atoms. The van der Waals surface area contributed by atoms with Gasteiger partial charge in [-0.05, 0) is 24.0 Å². The number of benzene rings is 1. The number of nitrogen functional groups attached to an aromatic ring is 1.